The Bertz CT molecular complexity index is 1150. The number of fused-ring (bicyclic) bond motifs is 1. The molecule has 6 nitrogen and oxygen atoms in total. The van der Waals surface area contributed by atoms with E-state index in [-0.39, 0.29) is 5.56 Å². The zero-order valence-electron chi connectivity index (χ0n) is 15.5. The summed E-state index contributed by atoms with van der Waals surface area (Å²) in [5.41, 5.74) is 2.06. The van der Waals surface area contributed by atoms with Gasteiger partial charge in [0.25, 0.3) is 0 Å². The average molecular weight is 386 g/mol. The van der Waals surface area contributed by atoms with E-state index >= 15 is 0 Å². The highest BCUT2D eigenvalue weighted by atomic mass is 16.5. The number of hydrogen-bond donors (Lipinski definition) is 1. The maximum Gasteiger partial charge on any atom is 0.336 e. The Balaban J connectivity index is 1.45. The van der Waals surface area contributed by atoms with Gasteiger partial charge in [-0.2, -0.15) is 0 Å². The summed E-state index contributed by atoms with van der Waals surface area (Å²) in [6.07, 6.45) is 1.43. The van der Waals surface area contributed by atoms with Crippen LogP contribution in [0.5, 0.6) is 11.6 Å². The molecule has 0 radical (unpaired) electrons. The molecule has 0 aliphatic carbocycles. The van der Waals surface area contributed by atoms with Crippen molar-refractivity contribution in [1.82, 2.24) is 9.97 Å². The summed E-state index contributed by atoms with van der Waals surface area (Å²) in [5.74, 6) is 0.00200. The van der Waals surface area contributed by atoms with Crippen LogP contribution in [0.2, 0.25) is 0 Å². The van der Waals surface area contributed by atoms with Crippen LogP contribution in [0.3, 0.4) is 0 Å². The van der Waals surface area contributed by atoms with Crippen LogP contribution >= 0.6 is 0 Å². The van der Waals surface area contributed by atoms with E-state index in [4.69, 9.17) is 9.47 Å². The van der Waals surface area contributed by atoms with Crippen molar-refractivity contribution in [2.24, 2.45) is 0 Å². The summed E-state index contributed by atoms with van der Waals surface area (Å²) < 4.78 is 11.5. The minimum atomic E-state index is -0.958. The van der Waals surface area contributed by atoms with Gasteiger partial charge in [0.05, 0.1) is 24.5 Å². The molecule has 29 heavy (non-hydrogen) atoms. The molecule has 0 saturated carbocycles. The number of rotatable bonds is 7. The molecular formula is C23H18N2O4. The minimum Gasteiger partial charge on any atom is -0.478 e. The maximum absolute atomic E-state index is 11.3. The van der Waals surface area contributed by atoms with Gasteiger partial charge >= 0.3 is 5.97 Å². The van der Waals surface area contributed by atoms with Crippen molar-refractivity contribution in [2.45, 2.75) is 13.2 Å². The van der Waals surface area contributed by atoms with Crippen LogP contribution in [0.1, 0.15) is 21.6 Å². The second-order valence-electron chi connectivity index (χ2n) is 6.42. The number of aromatic nitrogens is 2. The van der Waals surface area contributed by atoms with E-state index in [1.165, 1.54) is 6.33 Å². The van der Waals surface area contributed by atoms with Crippen LogP contribution < -0.4 is 4.74 Å². The Labute approximate surface area is 167 Å². The summed E-state index contributed by atoms with van der Waals surface area (Å²) in [6, 6.07) is 22.0. The summed E-state index contributed by atoms with van der Waals surface area (Å²) in [4.78, 5) is 19.7. The predicted octanol–water partition coefficient (Wildman–Crippen LogP) is 4.84. The minimum absolute atomic E-state index is 0.258. The Hall–Kier alpha value is -3.77. The predicted molar refractivity (Wildman–Crippen MR) is 108 cm³/mol. The number of benzene rings is 3. The lowest BCUT2D eigenvalue weighted by Crippen LogP contribution is -1.99. The number of hydrogen-bond acceptors (Lipinski definition) is 5. The molecular weight excluding hydrogens is 368 g/mol. The molecule has 0 fully saturated rings. The molecule has 0 aliphatic rings. The van der Waals surface area contributed by atoms with E-state index < -0.39 is 5.97 Å². The first-order valence-electron chi connectivity index (χ1n) is 9.05. The van der Waals surface area contributed by atoms with E-state index in [1.54, 1.807) is 36.4 Å². The number of aromatic carboxylic acids is 1. The van der Waals surface area contributed by atoms with Gasteiger partial charge in [-0.3, -0.25) is 0 Å². The average Bonchev–Trinajstić information content (AvgIpc) is 2.74. The molecule has 0 amide bonds. The highest BCUT2D eigenvalue weighted by molar-refractivity contribution is 6.03. The summed E-state index contributed by atoms with van der Waals surface area (Å²) >= 11 is 0. The Kier molecular flexibility index (Phi) is 5.45. The van der Waals surface area contributed by atoms with Crippen molar-refractivity contribution < 1.29 is 19.4 Å². The SMILES string of the molecule is O=C(O)c1cccc2cc(Oc3cc(COCc4ccccc4)ncn3)ccc12. The van der Waals surface area contributed by atoms with Crippen molar-refractivity contribution in [3.63, 3.8) is 0 Å². The van der Waals surface area contributed by atoms with Gasteiger partial charge in [0.15, 0.2) is 0 Å². The molecule has 3 aromatic carbocycles. The van der Waals surface area contributed by atoms with Crippen LogP contribution in [0.15, 0.2) is 79.1 Å². The third kappa shape index (κ3) is 4.56. The molecule has 144 valence electrons. The summed E-state index contributed by atoms with van der Waals surface area (Å²) in [7, 11) is 0. The van der Waals surface area contributed by atoms with Crippen LogP contribution in [-0.2, 0) is 18.0 Å². The molecule has 4 aromatic rings. The number of carboxylic acids is 1. The molecule has 0 saturated heterocycles. The van der Waals surface area contributed by atoms with Gasteiger partial charge in [0, 0.05) is 6.07 Å². The fourth-order valence-corrected chi connectivity index (χ4v) is 2.99. The highest BCUT2D eigenvalue weighted by Gasteiger charge is 2.09. The quantitative estimate of drug-likeness (QED) is 0.490. The van der Waals surface area contributed by atoms with E-state index in [1.807, 2.05) is 36.4 Å². The third-order valence-electron chi connectivity index (χ3n) is 4.36. The van der Waals surface area contributed by atoms with Crippen LogP contribution in [-0.4, -0.2) is 21.0 Å². The number of nitrogens with zero attached hydrogens (tertiary/aromatic N) is 2. The largest absolute Gasteiger partial charge is 0.478 e. The Morgan fingerprint density at radius 2 is 1.76 bits per heavy atom. The highest BCUT2D eigenvalue weighted by Crippen LogP contribution is 2.27. The first-order valence-corrected chi connectivity index (χ1v) is 9.05. The standard InChI is InChI=1S/C23H18N2O4/c26-23(27)21-8-4-7-17-11-19(9-10-20(17)21)29-22-12-18(24-15-25-22)14-28-13-16-5-2-1-3-6-16/h1-12,15H,13-14H2,(H,26,27). The van der Waals surface area contributed by atoms with E-state index in [9.17, 15) is 9.90 Å². The first kappa shape index (κ1) is 18.6. The van der Waals surface area contributed by atoms with Gasteiger partial charge in [-0.1, -0.05) is 42.5 Å². The van der Waals surface area contributed by atoms with Gasteiger partial charge in [0.1, 0.15) is 12.1 Å². The molecule has 6 heteroatoms. The molecule has 4 rings (SSSR count). The summed E-state index contributed by atoms with van der Waals surface area (Å²) in [6.45, 7) is 0.838. The molecule has 1 aromatic heterocycles. The smallest absolute Gasteiger partial charge is 0.336 e. The fraction of sp³-hybridized carbons (Fsp3) is 0.0870. The molecule has 0 atom stereocenters. The monoisotopic (exact) mass is 386 g/mol. The van der Waals surface area contributed by atoms with E-state index in [0.717, 1.165) is 10.9 Å². The fourth-order valence-electron chi connectivity index (χ4n) is 2.99. The van der Waals surface area contributed by atoms with Crippen LogP contribution in [0.25, 0.3) is 10.8 Å². The number of carboxylic acid groups (broad SMARTS) is 1. The lowest BCUT2D eigenvalue weighted by Gasteiger charge is -2.09. The zero-order chi connectivity index (χ0) is 20.1. The molecule has 1 N–H and O–H groups in total. The van der Waals surface area contributed by atoms with Gasteiger partial charge in [0.2, 0.25) is 5.88 Å². The van der Waals surface area contributed by atoms with Crippen molar-refractivity contribution in [3.05, 3.63) is 95.9 Å². The third-order valence-corrected chi connectivity index (χ3v) is 4.36. The van der Waals surface area contributed by atoms with Gasteiger partial charge in [-0.05, 0) is 40.6 Å². The van der Waals surface area contributed by atoms with Crippen LogP contribution in [0.4, 0.5) is 0 Å². The lowest BCUT2D eigenvalue weighted by atomic mass is 10.0. The summed E-state index contributed by atoms with van der Waals surface area (Å²) in [5, 5.41) is 10.7. The number of carbonyl (C=O) groups is 1. The van der Waals surface area contributed by atoms with Crippen molar-refractivity contribution in [2.75, 3.05) is 0 Å². The molecule has 0 unspecified atom stereocenters. The van der Waals surface area contributed by atoms with Crippen molar-refractivity contribution >= 4 is 16.7 Å². The second-order valence-corrected chi connectivity index (χ2v) is 6.42. The Morgan fingerprint density at radius 3 is 2.59 bits per heavy atom. The molecule has 0 bridgehead atoms. The van der Waals surface area contributed by atoms with Gasteiger partial charge < -0.3 is 14.6 Å². The zero-order valence-corrected chi connectivity index (χ0v) is 15.5. The first-order chi connectivity index (χ1) is 14.2. The molecule has 1 heterocycles. The van der Waals surface area contributed by atoms with Gasteiger partial charge in [-0.15, -0.1) is 0 Å². The van der Waals surface area contributed by atoms with Crippen molar-refractivity contribution in [3.8, 4) is 11.6 Å². The lowest BCUT2D eigenvalue weighted by molar-refractivity contribution is 0.0699. The normalized spacial score (nSPS) is 10.8. The van der Waals surface area contributed by atoms with Gasteiger partial charge in [-0.25, -0.2) is 14.8 Å². The maximum atomic E-state index is 11.3. The van der Waals surface area contributed by atoms with E-state index in [0.29, 0.717) is 35.9 Å². The van der Waals surface area contributed by atoms with Crippen LogP contribution in [0, 0.1) is 0 Å². The molecule has 0 spiro atoms. The molecule has 0 aliphatic heterocycles. The topological polar surface area (TPSA) is 81.5 Å². The number of ether oxygens (including phenoxy) is 2. The van der Waals surface area contributed by atoms with Crippen molar-refractivity contribution in [1.29, 1.82) is 0 Å². The Morgan fingerprint density at radius 1 is 0.897 bits per heavy atom. The second kappa shape index (κ2) is 8.50. The van der Waals surface area contributed by atoms with E-state index in [2.05, 4.69) is 9.97 Å².